The van der Waals surface area contributed by atoms with Crippen LogP contribution in [0.2, 0.25) is 0 Å². The maximum Gasteiger partial charge on any atom is 0.119 e. The fourth-order valence-electron chi connectivity index (χ4n) is 1.67. The van der Waals surface area contributed by atoms with Crippen molar-refractivity contribution in [1.29, 1.82) is 0 Å². The number of ether oxygens (including phenoxy) is 2. The predicted octanol–water partition coefficient (Wildman–Crippen LogP) is 2.76. The fourth-order valence-corrected chi connectivity index (χ4v) is 1.67. The van der Waals surface area contributed by atoms with Gasteiger partial charge in [0.1, 0.15) is 5.75 Å². The van der Waals surface area contributed by atoms with E-state index in [1.54, 1.807) is 7.11 Å². The van der Waals surface area contributed by atoms with Gasteiger partial charge in [-0.2, -0.15) is 0 Å². The van der Waals surface area contributed by atoms with Crippen LogP contribution in [0.5, 0.6) is 5.75 Å². The van der Waals surface area contributed by atoms with Crippen LogP contribution >= 0.6 is 0 Å². The third-order valence-electron chi connectivity index (χ3n) is 2.51. The first-order chi connectivity index (χ1) is 8.04. The van der Waals surface area contributed by atoms with Crippen molar-refractivity contribution < 1.29 is 9.47 Å². The van der Waals surface area contributed by atoms with Gasteiger partial charge in [-0.1, -0.05) is 26.0 Å². The average molecular weight is 237 g/mol. The fraction of sp³-hybridized carbons (Fsp3) is 0.571. The highest BCUT2D eigenvalue weighted by Gasteiger charge is 2.17. The van der Waals surface area contributed by atoms with Gasteiger partial charge >= 0.3 is 0 Å². The Morgan fingerprint density at radius 2 is 1.94 bits per heavy atom. The van der Waals surface area contributed by atoms with Crippen molar-refractivity contribution in [1.82, 2.24) is 0 Å². The van der Waals surface area contributed by atoms with Gasteiger partial charge < -0.3 is 15.2 Å². The molecule has 0 heterocycles. The Hall–Kier alpha value is -1.06. The largest absolute Gasteiger partial charge is 0.497 e. The smallest absolute Gasteiger partial charge is 0.119 e. The van der Waals surface area contributed by atoms with Crippen molar-refractivity contribution in [2.75, 3.05) is 13.7 Å². The van der Waals surface area contributed by atoms with E-state index >= 15 is 0 Å². The first kappa shape index (κ1) is 14.0. The van der Waals surface area contributed by atoms with E-state index in [9.17, 15) is 0 Å². The Labute approximate surface area is 104 Å². The zero-order chi connectivity index (χ0) is 12.8. The van der Waals surface area contributed by atoms with E-state index in [1.807, 2.05) is 31.2 Å². The van der Waals surface area contributed by atoms with Gasteiger partial charge in [0.15, 0.2) is 0 Å². The maximum absolute atomic E-state index is 5.98. The van der Waals surface area contributed by atoms with E-state index < -0.39 is 0 Å². The molecule has 1 aromatic carbocycles. The molecule has 1 aromatic rings. The third kappa shape index (κ3) is 4.36. The van der Waals surface area contributed by atoms with Crippen LogP contribution in [0.25, 0.3) is 0 Å². The average Bonchev–Trinajstić information content (AvgIpc) is 2.28. The molecule has 0 aliphatic rings. The first-order valence-corrected chi connectivity index (χ1v) is 6.05. The van der Waals surface area contributed by atoms with Crippen LogP contribution < -0.4 is 10.5 Å². The number of hydrogen-bond acceptors (Lipinski definition) is 3. The van der Waals surface area contributed by atoms with Gasteiger partial charge in [-0.3, -0.25) is 0 Å². The number of rotatable bonds is 6. The minimum atomic E-state index is -0.0764. The molecule has 2 unspecified atom stereocenters. The molecule has 0 fully saturated rings. The zero-order valence-electron chi connectivity index (χ0n) is 11.1. The van der Waals surface area contributed by atoms with Crippen LogP contribution in [-0.4, -0.2) is 19.8 Å². The minimum Gasteiger partial charge on any atom is -0.497 e. The van der Waals surface area contributed by atoms with Crippen LogP contribution in [0, 0.1) is 5.92 Å². The summed E-state index contributed by atoms with van der Waals surface area (Å²) in [7, 11) is 1.66. The Balaban J connectivity index is 2.81. The molecule has 2 N–H and O–H groups in total. The normalized spacial score (nSPS) is 14.7. The van der Waals surface area contributed by atoms with Crippen molar-refractivity contribution in [2.45, 2.75) is 32.9 Å². The highest BCUT2D eigenvalue weighted by molar-refractivity contribution is 5.30. The van der Waals surface area contributed by atoms with Gasteiger partial charge in [-0.15, -0.1) is 0 Å². The minimum absolute atomic E-state index is 0.0409. The maximum atomic E-state index is 5.98. The van der Waals surface area contributed by atoms with E-state index in [1.165, 1.54) is 0 Å². The van der Waals surface area contributed by atoms with Gasteiger partial charge in [0.2, 0.25) is 0 Å². The van der Waals surface area contributed by atoms with Crippen molar-refractivity contribution in [2.24, 2.45) is 11.7 Å². The lowest BCUT2D eigenvalue weighted by Gasteiger charge is -2.23. The van der Waals surface area contributed by atoms with E-state index in [0.717, 1.165) is 11.3 Å². The Bertz CT molecular complexity index is 337. The zero-order valence-corrected chi connectivity index (χ0v) is 11.1. The molecular formula is C14H23NO2. The lowest BCUT2D eigenvalue weighted by Crippen LogP contribution is -2.28. The lowest BCUT2D eigenvalue weighted by molar-refractivity contribution is 0.0220. The SMILES string of the molecule is COc1cccc(C(OCC(C)C)C(C)N)c1. The Morgan fingerprint density at radius 3 is 2.47 bits per heavy atom. The molecule has 0 aliphatic carbocycles. The molecule has 1 rings (SSSR count). The molecule has 0 radical (unpaired) electrons. The molecule has 0 saturated carbocycles. The Morgan fingerprint density at radius 1 is 1.24 bits per heavy atom. The second-order valence-electron chi connectivity index (χ2n) is 4.78. The number of nitrogens with two attached hydrogens (primary N) is 1. The number of methoxy groups -OCH3 is 1. The second kappa shape index (κ2) is 6.62. The van der Waals surface area contributed by atoms with Gasteiger partial charge in [-0.25, -0.2) is 0 Å². The van der Waals surface area contributed by atoms with Crippen LogP contribution in [0.1, 0.15) is 32.4 Å². The van der Waals surface area contributed by atoms with Gasteiger partial charge in [0, 0.05) is 12.6 Å². The molecule has 0 amide bonds. The molecule has 96 valence electrons. The molecular weight excluding hydrogens is 214 g/mol. The highest BCUT2D eigenvalue weighted by atomic mass is 16.5. The van der Waals surface area contributed by atoms with Crippen LogP contribution in [-0.2, 0) is 4.74 Å². The molecule has 0 aliphatic heterocycles. The van der Waals surface area contributed by atoms with E-state index in [4.69, 9.17) is 15.2 Å². The first-order valence-electron chi connectivity index (χ1n) is 6.05. The highest BCUT2D eigenvalue weighted by Crippen LogP contribution is 2.24. The summed E-state index contributed by atoms with van der Waals surface area (Å²) in [5.74, 6) is 1.34. The molecule has 0 spiro atoms. The van der Waals surface area contributed by atoms with Gasteiger partial charge in [-0.05, 0) is 30.5 Å². The van der Waals surface area contributed by atoms with E-state index in [-0.39, 0.29) is 12.1 Å². The summed E-state index contributed by atoms with van der Waals surface area (Å²) in [6.45, 7) is 6.93. The molecule has 0 aromatic heterocycles. The Kier molecular flexibility index (Phi) is 5.45. The van der Waals surface area contributed by atoms with Crippen LogP contribution in [0.4, 0.5) is 0 Å². The molecule has 0 bridgehead atoms. The molecule has 3 nitrogen and oxygen atoms in total. The number of hydrogen-bond donors (Lipinski definition) is 1. The summed E-state index contributed by atoms with van der Waals surface area (Å²) < 4.78 is 11.1. The molecule has 17 heavy (non-hydrogen) atoms. The van der Waals surface area contributed by atoms with Crippen molar-refractivity contribution in [3.63, 3.8) is 0 Å². The summed E-state index contributed by atoms with van der Waals surface area (Å²) >= 11 is 0. The van der Waals surface area contributed by atoms with Gasteiger partial charge in [0.05, 0.1) is 13.2 Å². The molecule has 2 atom stereocenters. The molecule has 3 heteroatoms. The third-order valence-corrected chi connectivity index (χ3v) is 2.51. The quantitative estimate of drug-likeness (QED) is 0.827. The second-order valence-corrected chi connectivity index (χ2v) is 4.78. The van der Waals surface area contributed by atoms with Crippen molar-refractivity contribution >= 4 is 0 Å². The number of benzene rings is 1. The lowest BCUT2D eigenvalue weighted by atomic mass is 10.0. The summed E-state index contributed by atoms with van der Waals surface area (Å²) in [4.78, 5) is 0. The predicted molar refractivity (Wildman–Crippen MR) is 70.2 cm³/mol. The van der Waals surface area contributed by atoms with Crippen LogP contribution in [0.15, 0.2) is 24.3 Å². The summed E-state index contributed by atoms with van der Waals surface area (Å²) in [5, 5.41) is 0. The molecule has 0 saturated heterocycles. The van der Waals surface area contributed by atoms with Gasteiger partial charge in [0.25, 0.3) is 0 Å². The monoisotopic (exact) mass is 237 g/mol. The van der Waals surface area contributed by atoms with E-state index in [2.05, 4.69) is 13.8 Å². The summed E-state index contributed by atoms with van der Waals surface area (Å²) in [6.07, 6.45) is -0.0764. The summed E-state index contributed by atoms with van der Waals surface area (Å²) in [6, 6.07) is 7.85. The topological polar surface area (TPSA) is 44.5 Å². The van der Waals surface area contributed by atoms with Crippen molar-refractivity contribution in [3.05, 3.63) is 29.8 Å². The van der Waals surface area contributed by atoms with Crippen molar-refractivity contribution in [3.8, 4) is 5.75 Å². The van der Waals surface area contributed by atoms with E-state index in [0.29, 0.717) is 12.5 Å². The standard InChI is InChI=1S/C14H23NO2/c1-10(2)9-17-14(11(3)15)12-6-5-7-13(8-12)16-4/h5-8,10-11,14H,9,15H2,1-4H3. The van der Waals surface area contributed by atoms with Crippen LogP contribution in [0.3, 0.4) is 0 Å². The summed E-state index contributed by atoms with van der Waals surface area (Å²) in [5.41, 5.74) is 7.05.